The first-order valence-corrected chi connectivity index (χ1v) is 12.9. The fraction of sp³-hybridized carbons (Fsp3) is 0.458. The zero-order valence-corrected chi connectivity index (χ0v) is 21.0. The van der Waals surface area contributed by atoms with Crippen LogP contribution in [0, 0.1) is 19.8 Å². The van der Waals surface area contributed by atoms with Crippen LogP contribution in [0.4, 0.5) is 0 Å². The first-order valence-electron chi connectivity index (χ1n) is 11.2. The number of likely N-dealkylation sites (tertiary alicyclic amines) is 1. The SMILES string of the molecule is Cc1nnc(C(C(=O)N2CCC[C@H]2C(=O)NCc2ccc(-c3scnc3C)cc2)C(C)C)s1. The van der Waals surface area contributed by atoms with E-state index in [4.69, 9.17) is 0 Å². The molecule has 1 unspecified atom stereocenters. The number of nitrogens with zero attached hydrogens (tertiary/aromatic N) is 4. The van der Waals surface area contributed by atoms with Crippen molar-refractivity contribution in [1.29, 1.82) is 0 Å². The molecule has 2 atom stereocenters. The minimum atomic E-state index is -0.438. The number of rotatable bonds is 7. The number of nitrogens with one attached hydrogen (secondary N) is 1. The second kappa shape index (κ2) is 10.1. The Labute approximate surface area is 202 Å². The smallest absolute Gasteiger partial charge is 0.243 e. The molecule has 3 aromatic rings. The summed E-state index contributed by atoms with van der Waals surface area (Å²) in [6, 6.07) is 7.74. The van der Waals surface area contributed by atoms with Gasteiger partial charge in [0.05, 0.1) is 22.0 Å². The molecule has 1 fully saturated rings. The third-order valence-electron chi connectivity index (χ3n) is 6.01. The molecular weight excluding hydrogens is 454 g/mol. The van der Waals surface area contributed by atoms with Crippen LogP contribution < -0.4 is 5.32 Å². The van der Waals surface area contributed by atoms with Crippen LogP contribution >= 0.6 is 22.7 Å². The zero-order chi connectivity index (χ0) is 23.5. The highest BCUT2D eigenvalue weighted by Gasteiger charge is 2.39. The van der Waals surface area contributed by atoms with Gasteiger partial charge in [-0.25, -0.2) is 4.98 Å². The number of aryl methyl sites for hydroxylation is 2. The van der Waals surface area contributed by atoms with E-state index in [0.717, 1.165) is 38.1 Å². The van der Waals surface area contributed by atoms with Crippen molar-refractivity contribution in [2.75, 3.05) is 6.54 Å². The van der Waals surface area contributed by atoms with Crippen LogP contribution in [0.1, 0.15) is 53.9 Å². The zero-order valence-electron chi connectivity index (χ0n) is 19.4. The molecule has 174 valence electrons. The number of benzene rings is 1. The highest BCUT2D eigenvalue weighted by Crippen LogP contribution is 2.32. The lowest BCUT2D eigenvalue weighted by Crippen LogP contribution is -2.47. The number of hydrogen-bond donors (Lipinski definition) is 1. The van der Waals surface area contributed by atoms with Gasteiger partial charge >= 0.3 is 0 Å². The van der Waals surface area contributed by atoms with Crippen LogP contribution in [-0.2, 0) is 16.1 Å². The normalized spacial score (nSPS) is 16.9. The summed E-state index contributed by atoms with van der Waals surface area (Å²) in [4.78, 5) is 33.7. The minimum Gasteiger partial charge on any atom is -0.350 e. The largest absolute Gasteiger partial charge is 0.350 e. The molecule has 0 spiro atoms. The molecule has 1 aliphatic heterocycles. The van der Waals surface area contributed by atoms with E-state index in [0.29, 0.717) is 19.5 Å². The Morgan fingerprint density at radius 2 is 1.94 bits per heavy atom. The van der Waals surface area contributed by atoms with E-state index in [1.807, 2.05) is 45.3 Å². The van der Waals surface area contributed by atoms with Crippen LogP contribution in [0.3, 0.4) is 0 Å². The van der Waals surface area contributed by atoms with E-state index >= 15 is 0 Å². The van der Waals surface area contributed by atoms with Gasteiger partial charge in [0, 0.05) is 13.1 Å². The third kappa shape index (κ3) is 5.14. The Morgan fingerprint density at radius 1 is 1.18 bits per heavy atom. The van der Waals surface area contributed by atoms with Crippen LogP contribution in [0.2, 0.25) is 0 Å². The van der Waals surface area contributed by atoms with Crippen LogP contribution in [-0.4, -0.2) is 44.5 Å². The highest BCUT2D eigenvalue weighted by atomic mass is 32.1. The van der Waals surface area contributed by atoms with Gasteiger partial charge in [-0.05, 0) is 43.7 Å². The molecule has 3 heterocycles. The molecule has 0 radical (unpaired) electrons. The van der Waals surface area contributed by atoms with Gasteiger partial charge in [0.2, 0.25) is 11.8 Å². The second-order valence-electron chi connectivity index (χ2n) is 8.75. The van der Waals surface area contributed by atoms with Crippen molar-refractivity contribution in [2.45, 2.75) is 59.0 Å². The summed E-state index contributed by atoms with van der Waals surface area (Å²) < 4.78 is 0. The number of carbonyl (C=O) groups excluding carboxylic acids is 2. The third-order valence-corrected chi connectivity index (χ3v) is 7.91. The summed E-state index contributed by atoms with van der Waals surface area (Å²) in [6.07, 6.45) is 1.51. The molecule has 7 nitrogen and oxygen atoms in total. The van der Waals surface area contributed by atoms with Crippen molar-refractivity contribution in [3.05, 3.63) is 51.0 Å². The molecule has 33 heavy (non-hydrogen) atoms. The van der Waals surface area contributed by atoms with E-state index in [1.54, 1.807) is 16.2 Å². The summed E-state index contributed by atoms with van der Waals surface area (Å²) in [7, 11) is 0. The number of aromatic nitrogens is 3. The Kier molecular flexibility index (Phi) is 7.19. The lowest BCUT2D eigenvalue weighted by Gasteiger charge is -2.29. The Hall–Kier alpha value is -2.65. The molecule has 0 aliphatic carbocycles. The molecular formula is C24H29N5O2S2. The van der Waals surface area contributed by atoms with Gasteiger partial charge in [-0.1, -0.05) is 38.1 Å². The van der Waals surface area contributed by atoms with Gasteiger partial charge in [0.25, 0.3) is 0 Å². The second-order valence-corrected chi connectivity index (χ2v) is 10.8. The number of hydrogen-bond acceptors (Lipinski definition) is 7. The predicted octanol–water partition coefficient (Wildman–Crippen LogP) is 4.33. The van der Waals surface area contributed by atoms with Crippen molar-refractivity contribution < 1.29 is 9.59 Å². The van der Waals surface area contributed by atoms with Gasteiger partial charge in [-0.15, -0.1) is 32.9 Å². The van der Waals surface area contributed by atoms with Crippen LogP contribution in [0.15, 0.2) is 29.8 Å². The standard InChI is InChI=1S/C24H29N5O2S2/c1-14(2)20(23-28-27-16(4)33-23)24(31)29-11-5-6-19(29)22(30)25-12-17-7-9-18(10-8-17)21-15(3)26-13-32-21/h7-10,13-14,19-20H,5-6,11-12H2,1-4H3,(H,25,30)/t19-,20?/m0/s1. The maximum absolute atomic E-state index is 13.4. The van der Waals surface area contributed by atoms with E-state index in [9.17, 15) is 9.59 Å². The average Bonchev–Trinajstić information content (AvgIpc) is 3.53. The molecule has 2 amide bonds. The molecule has 1 N–H and O–H groups in total. The molecule has 0 saturated carbocycles. The van der Waals surface area contributed by atoms with Crippen molar-refractivity contribution in [3.8, 4) is 10.4 Å². The average molecular weight is 484 g/mol. The van der Waals surface area contributed by atoms with E-state index in [1.165, 1.54) is 11.3 Å². The maximum atomic E-state index is 13.4. The van der Waals surface area contributed by atoms with Crippen molar-refractivity contribution in [1.82, 2.24) is 25.4 Å². The van der Waals surface area contributed by atoms with Crippen molar-refractivity contribution in [3.63, 3.8) is 0 Å². The summed E-state index contributed by atoms with van der Waals surface area (Å²) in [6.45, 7) is 8.96. The summed E-state index contributed by atoms with van der Waals surface area (Å²) in [5.74, 6) is -0.413. The molecule has 1 aromatic carbocycles. The van der Waals surface area contributed by atoms with Gasteiger partial charge in [0.15, 0.2) is 0 Å². The Bertz CT molecular complexity index is 1120. The molecule has 1 saturated heterocycles. The van der Waals surface area contributed by atoms with Gasteiger partial charge in [0.1, 0.15) is 16.1 Å². The predicted molar refractivity (Wildman–Crippen MR) is 131 cm³/mol. The first kappa shape index (κ1) is 23.5. The number of carbonyl (C=O) groups is 2. The lowest BCUT2D eigenvalue weighted by atomic mass is 9.94. The highest BCUT2D eigenvalue weighted by molar-refractivity contribution is 7.13. The quantitative estimate of drug-likeness (QED) is 0.541. The molecule has 4 rings (SSSR count). The van der Waals surface area contributed by atoms with Gasteiger partial charge in [-0.2, -0.15) is 0 Å². The molecule has 1 aliphatic rings. The minimum absolute atomic E-state index is 0.0249. The fourth-order valence-electron chi connectivity index (χ4n) is 4.26. The van der Waals surface area contributed by atoms with E-state index in [2.05, 4.69) is 32.6 Å². The Balaban J connectivity index is 1.40. The van der Waals surface area contributed by atoms with E-state index < -0.39 is 6.04 Å². The monoisotopic (exact) mass is 483 g/mol. The van der Waals surface area contributed by atoms with Crippen molar-refractivity contribution in [2.24, 2.45) is 5.92 Å². The fourth-order valence-corrected chi connectivity index (χ4v) is 6.03. The van der Waals surface area contributed by atoms with Crippen molar-refractivity contribution >= 4 is 34.5 Å². The van der Waals surface area contributed by atoms with Gasteiger partial charge < -0.3 is 10.2 Å². The summed E-state index contributed by atoms with van der Waals surface area (Å²) >= 11 is 3.08. The lowest BCUT2D eigenvalue weighted by molar-refractivity contribution is -0.140. The Morgan fingerprint density at radius 3 is 2.55 bits per heavy atom. The molecule has 9 heteroatoms. The summed E-state index contributed by atoms with van der Waals surface area (Å²) in [5.41, 5.74) is 5.03. The maximum Gasteiger partial charge on any atom is 0.243 e. The topological polar surface area (TPSA) is 88.1 Å². The number of amides is 2. The molecule has 0 bridgehead atoms. The van der Waals surface area contributed by atoms with E-state index in [-0.39, 0.29) is 23.7 Å². The number of thiazole rings is 1. The first-order chi connectivity index (χ1) is 15.8. The molecule has 2 aromatic heterocycles. The van der Waals surface area contributed by atoms with Gasteiger partial charge in [-0.3, -0.25) is 9.59 Å². The van der Waals surface area contributed by atoms with Crippen LogP contribution in [0.25, 0.3) is 10.4 Å². The van der Waals surface area contributed by atoms with Crippen LogP contribution in [0.5, 0.6) is 0 Å². The summed E-state index contributed by atoms with van der Waals surface area (Å²) in [5, 5.41) is 12.9.